The molecule has 0 saturated heterocycles. The highest BCUT2D eigenvalue weighted by atomic mass is 32.2. The molecular weight excluding hydrogens is 753 g/mol. The lowest BCUT2D eigenvalue weighted by Crippen LogP contribution is -2.22. The monoisotopic (exact) mass is 791 g/mol. The molecule has 6 aromatic carbocycles. The molecule has 0 unspecified atom stereocenters. The van der Waals surface area contributed by atoms with E-state index in [1.165, 1.54) is 6.07 Å². The number of nitrogens with zero attached hydrogens (tertiary/aromatic N) is 2. The van der Waals surface area contributed by atoms with Crippen molar-refractivity contribution in [2.24, 2.45) is 0 Å². The molecule has 57 heavy (non-hydrogen) atoms. The SMILES string of the molecule is O=S(=O)([O-])c1ccc(C(=C2C=CC(=[N+](Cc3ccccc3)Cc3ccccc3)C=C2)c2ccc(N(Cc3ccccc3)Cc3ccccc3)cc2)c(S(=O)(=O)[O-])c1. The molecular formula is C47H39N2O6S2-. The van der Waals surface area contributed by atoms with Crippen LogP contribution in [-0.2, 0) is 46.4 Å². The third kappa shape index (κ3) is 9.99. The topological polar surface area (TPSA) is 121 Å². The maximum atomic E-state index is 12.8. The molecule has 0 amide bonds. The van der Waals surface area contributed by atoms with Crippen molar-refractivity contribution >= 4 is 37.2 Å². The Morgan fingerprint density at radius 3 is 1.40 bits per heavy atom. The summed E-state index contributed by atoms with van der Waals surface area (Å²) < 4.78 is 76.6. The summed E-state index contributed by atoms with van der Waals surface area (Å²) in [6.07, 6.45) is 7.61. The average molecular weight is 792 g/mol. The van der Waals surface area contributed by atoms with E-state index in [1.807, 2.05) is 121 Å². The lowest BCUT2D eigenvalue weighted by molar-refractivity contribution is -0.558. The van der Waals surface area contributed by atoms with Gasteiger partial charge in [0.1, 0.15) is 20.2 Å². The van der Waals surface area contributed by atoms with Crippen molar-refractivity contribution in [3.8, 4) is 0 Å². The van der Waals surface area contributed by atoms with E-state index in [2.05, 4.69) is 58.0 Å². The van der Waals surface area contributed by atoms with Crippen molar-refractivity contribution < 1.29 is 30.5 Å². The first-order valence-electron chi connectivity index (χ1n) is 18.3. The van der Waals surface area contributed by atoms with Crippen molar-refractivity contribution in [2.75, 3.05) is 4.90 Å². The summed E-state index contributed by atoms with van der Waals surface area (Å²) in [5.74, 6) is 0. The second-order valence-corrected chi connectivity index (χ2v) is 16.4. The van der Waals surface area contributed by atoms with Crippen molar-refractivity contribution in [2.45, 2.75) is 36.0 Å². The highest BCUT2D eigenvalue weighted by Crippen LogP contribution is 2.36. The van der Waals surface area contributed by atoms with Gasteiger partial charge < -0.3 is 14.0 Å². The molecule has 0 fully saturated rings. The molecule has 6 aromatic rings. The second kappa shape index (κ2) is 17.3. The summed E-state index contributed by atoms with van der Waals surface area (Å²) >= 11 is 0. The number of anilines is 1. The van der Waals surface area contributed by atoms with Gasteiger partial charge >= 0.3 is 0 Å². The first kappa shape index (κ1) is 39.1. The Balaban J connectivity index is 1.35. The first-order valence-corrected chi connectivity index (χ1v) is 21.1. The van der Waals surface area contributed by atoms with E-state index in [0.717, 1.165) is 39.7 Å². The zero-order chi connectivity index (χ0) is 39.8. The number of hydrogen-bond acceptors (Lipinski definition) is 7. The molecule has 0 spiro atoms. The highest BCUT2D eigenvalue weighted by molar-refractivity contribution is 7.86. The Labute approximate surface area is 334 Å². The largest absolute Gasteiger partial charge is 0.744 e. The summed E-state index contributed by atoms with van der Waals surface area (Å²) in [5, 5.41) is 0. The smallest absolute Gasteiger partial charge is 0.200 e. The summed E-state index contributed by atoms with van der Waals surface area (Å²) in [7, 11) is -10.3. The summed E-state index contributed by atoms with van der Waals surface area (Å²) in [4.78, 5) is 0.631. The van der Waals surface area contributed by atoms with Crippen molar-refractivity contribution in [3.05, 3.63) is 227 Å². The standard InChI is InChI=1S/C47H40N2O6S2/c50-56(51,52)44-29-30-45(46(31-44)57(53,54)55)47(40-21-25-42(26-22-40)48(32-36-13-5-1-6-14-36)33-37-15-7-2-8-16-37)41-23-27-43(28-24-41)49(34-38-17-9-3-10-18-38)35-39-19-11-4-12-20-39/h1-31H,32-35H2,(H-,50,51,52,53,54,55)/p-1. The highest BCUT2D eigenvalue weighted by Gasteiger charge is 2.22. The lowest BCUT2D eigenvalue weighted by atomic mass is 9.90. The average Bonchev–Trinajstić information content (AvgIpc) is 3.22. The van der Waals surface area contributed by atoms with E-state index in [0.29, 0.717) is 49.0 Å². The Morgan fingerprint density at radius 2 is 0.965 bits per heavy atom. The zero-order valence-corrected chi connectivity index (χ0v) is 32.5. The lowest BCUT2D eigenvalue weighted by Gasteiger charge is -2.26. The van der Waals surface area contributed by atoms with Crippen LogP contribution in [0.2, 0.25) is 0 Å². The number of allylic oxidation sites excluding steroid dienone is 5. The Kier molecular flexibility index (Phi) is 11.9. The molecule has 0 heterocycles. The molecule has 10 heteroatoms. The molecule has 0 N–H and O–H groups in total. The van der Waals surface area contributed by atoms with Crippen molar-refractivity contribution in [1.82, 2.24) is 0 Å². The van der Waals surface area contributed by atoms with Crippen LogP contribution in [0.1, 0.15) is 33.4 Å². The van der Waals surface area contributed by atoms with Gasteiger partial charge in [-0.25, -0.2) is 21.4 Å². The summed E-state index contributed by atoms with van der Waals surface area (Å²) in [5.41, 5.74) is 7.83. The van der Waals surface area contributed by atoms with Crippen LogP contribution < -0.4 is 4.90 Å². The van der Waals surface area contributed by atoms with Gasteiger partial charge in [-0.05, 0) is 64.3 Å². The van der Waals surface area contributed by atoms with E-state index in [4.69, 9.17) is 0 Å². The van der Waals surface area contributed by atoms with Gasteiger partial charge in [0, 0.05) is 47.6 Å². The van der Waals surface area contributed by atoms with Crippen LogP contribution in [0, 0.1) is 0 Å². The molecule has 0 aromatic heterocycles. The summed E-state index contributed by atoms with van der Waals surface area (Å²) in [6, 6.07) is 51.0. The minimum atomic E-state index is -5.25. The van der Waals surface area contributed by atoms with Crippen LogP contribution in [0.25, 0.3) is 5.57 Å². The fourth-order valence-electron chi connectivity index (χ4n) is 6.92. The predicted octanol–water partition coefficient (Wildman–Crippen LogP) is 8.48. The van der Waals surface area contributed by atoms with Gasteiger partial charge in [0.15, 0.2) is 13.1 Å². The van der Waals surface area contributed by atoms with Gasteiger partial charge in [-0.3, -0.25) is 0 Å². The van der Waals surface area contributed by atoms with E-state index in [-0.39, 0.29) is 5.56 Å². The molecule has 0 atom stereocenters. The van der Waals surface area contributed by atoms with Crippen LogP contribution in [-0.4, -0.2) is 36.2 Å². The first-order chi connectivity index (χ1) is 27.5. The molecule has 8 nitrogen and oxygen atoms in total. The Morgan fingerprint density at radius 1 is 0.509 bits per heavy atom. The number of rotatable bonds is 13. The minimum absolute atomic E-state index is 0.0197. The predicted molar refractivity (Wildman–Crippen MR) is 221 cm³/mol. The molecule has 0 saturated carbocycles. The van der Waals surface area contributed by atoms with Crippen LogP contribution in [0.15, 0.2) is 203 Å². The van der Waals surface area contributed by atoms with E-state index >= 15 is 0 Å². The summed E-state index contributed by atoms with van der Waals surface area (Å²) in [6.45, 7) is 2.50. The third-order valence-corrected chi connectivity index (χ3v) is 11.4. The number of hydrogen-bond donors (Lipinski definition) is 0. The quantitative estimate of drug-likeness (QED) is 0.0850. The fourth-order valence-corrected chi connectivity index (χ4v) is 8.20. The van der Waals surface area contributed by atoms with Gasteiger partial charge in [-0.1, -0.05) is 140 Å². The van der Waals surface area contributed by atoms with E-state index in [1.54, 1.807) is 0 Å². The van der Waals surface area contributed by atoms with Gasteiger partial charge in [0.25, 0.3) is 0 Å². The van der Waals surface area contributed by atoms with Gasteiger partial charge in [-0.15, -0.1) is 0 Å². The molecule has 0 aliphatic heterocycles. The minimum Gasteiger partial charge on any atom is -0.744 e. The maximum absolute atomic E-state index is 12.8. The molecule has 0 radical (unpaired) electrons. The van der Waals surface area contributed by atoms with Crippen molar-refractivity contribution in [1.29, 1.82) is 0 Å². The molecule has 0 bridgehead atoms. The number of benzene rings is 6. The zero-order valence-electron chi connectivity index (χ0n) is 30.9. The Hall–Kier alpha value is -6.17. The molecule has 7 rings (SSSR count). The van der Waals surface area contributed by atoms with Crippen LogP contribution in [0.4, 0.5) is 5.69 Å². The van der Waals surface area contributed by atoms with E-state index < -0.39 is 30.0 Å². The second-order valence-electron chi connectivity index (χ2n) is 13.7. The van der Waals surface area contributed by atoms with Crippen LogP contribution in [0.5, 0.6) is 0 Å². The van der Waals surface area contributed by atoms with Crippen LogP contribution >= 0.6 is 0 Å². The van der Waals surface area contributed by atoms with Gasteiger partial charge in [-0.2, -0.15) is 0 Å². The maximum Gasteiger partial charge on any atom is 0.200 e. The normalized spacial score (nSPS) is 12.7. The molecule has 1 aliphatic rings. The third-order valence-electron chi connectivity index (χ3n) is 9.69. The molecule has 286 valence electrons. The van der Waals surface area contributed by atoms with E-state index in [9.17, 15) is 25.9 Å². The Bertz CT molecular complexity index is 2590. The molecule has 1 aliphatic carbocycles. The van der Waals surface area contributed by atoms with Gasteiger partial charge in [0.2, 0.25) is 5.71 Å². The fraction of sp³-hybridized carbons (Fsp3) is 0.0851. The van der Waals surface area contributed by atoms with Gasteiger partial charge in [0.05, 0.1) is 9.79 Å². The van der Waals surface area contributed by atoms with Crippen LogP contribution in [0.3, 0.4) is 0 Å². The van der Waals surface area contributed by atoms with Crippen molar-refractivity contribution in [3.63, 3.8) is 0 Å².